The number of para-hydroxylation sites is 2. The Labute approximate surface area is 157 Å². The Morgan fingerprint density at radius 1 is 0.889 bits per heavy atom. The van der Waals surface area contributed by atoms with Crippen LogP contribution in [-0.4, -0.2) is 9.67 Å². The predicted octanol–water partition coefficient (Wildman–Crippen LogP) is 6.07. The molecule has 1 aliphatic heterocycles. The Morgan fingerprint density at radius 3 is 2.44 bits per heavy atom. The van der Waals surface area contributed by atoms with Gasteiger partial charge < -0.3 is 9.67 Å². The first-order chi connectivity index (χ1) is 13.1. The van der Waals surface area contributed by atoms with Crippen LogP contribution in [0.15, 0.2) is 88.7 Å². The van der Waals surface area contributed by atoms with Gasteiger partial charge in [0, 0.05) is 22.4 Å². The Hall–Kier alpha value is -3.40. The first-order valence-electron chi connectivity index (χ1n) is 9.01. The molecule has 4 aromatic rings. The lowest BCUT2D eigenvalue weighted by Crippen LogP contribution is -2.17. The number of aromatic nitrogens is 1. The van der Waals surface area contributed by atoms with Crippen LogP contribution in [0.5, 0.6) is 5.75 Å². The fourth-order valence-corrected chi connectivity index (χ4v) is 4.09. The van der Waals surface area contributed by atoms with E-state index in [2.05, 4.69) is 52.1 Å². The summed E-state index contributed by atoms with van der Waals surface area (Å²) in [6, 6.07) is 22.1. The maximum atomic E-state index is 10.1. The van der Waals surface area contributed by atoms with Gasteiger partial charge in [-0.05, 0) is 44.2 Å². The number of fused-ring (bicyclic) bond motifs is 3. The van der Waals surface area contributed by atoms with E-state index in [1.54, 1.807) is 6.07 Å². The van der Waals surface area contributed by atoms with Gasteiger partial charge in [0.25, 0.3) is 0 Å². The van der Waals surface area contributed by atoms with E-state index >= 15 is 0 Å². The monoisotopic (exact) mass is 353 g/mol. The maximum Gasteiger partial charge on any atom is 0.126 e. The molecule has 1 atom stereocenters. The second-order valence-corrected chi connectivity index (χ2v) is 7.20. The highest BCUT2D eigenvalue weighted by molar-refractivity contribution is 6.09. The van der Waals surface area contributed by atoms with E-state index in [0.717, 1.165) is 38.8 Å². The van der Waals surface area contributed by atoms with Gasteiger partial charge in [0.2, 0.25) is 0 Å². The van der Waals surface area contributed by atoms with Crippen molar-refractivity contribution in [1.82, 2.24) is 4.57 Å². The average molecular weight is 353 g/mol. The third kappa shape index (κ3) is 2.30. The highest BCUT2D eigenvalue weighted by atomic mass is 16.3. The van der Waals surface area contributed by atoms with Crippen LogP contribution in [0, 0.1) is 0 Å². The first-order valence-corrected chi connectivity index (χ1v) is 9.01. The van der Waals surface area contributed by atoms with Crippen molar-refractivity contribution < 1.29 is 5.11 Å². The van der Waals surface area contributed by atoms with E-state index in [1.807, 2.05) is 43.3 Å². The number of benzene rings is 3. The van der Waals surface area contributed by atoms with E-state index in [1.165, 1.54) is 0 Å². The molecule has 0 saturated carbocycles. The minimum absolute atomic E-state index is 0.256. The molecule has 1 aromatic heterocycles. The number of nitrogens with zero attached hydrogens (tertiary/aromatic N) is 3. The molecule has 3 aromatic carbocycles. The summed E-state index contributed by atoms with van der Waals surface area (Å²) in [5, 5.41) is 21.2. The van der Waals surface area contributed by atoms with Crippen molar-refractivity contribution in [2.75, 3.05) is 0 Å². The van der Waals surface area contributed by atoms with E-state index in [0.29, 0.717) is 0 Å². The number of rotatable bonds is 2. The van der Waals surface area contributed by atoms with Crippen LogP contribution in [0.2, 0.25) is 0 Å². The number of hydrogen-bond acceptors (Lipinski definition) is 3. The quantitative estimate of drug-likeness (QED) is 0.467. The van der Waals surface area contributed by atoms with Gasteiger partial charge in [0.15, 0.2) is 0 Å². The highest BCUT2D eigenvalue weighted by Gasteiger charge is 2.31. The van der Waals surface area contributed by atoms with Crippen molar-refractivity contribution in [3.63, 3.8) is 0 Å². The van der Waals surface area contributed by atoms with Gasteiger partial charge in [-0.1, -0.05) is 36.4 Å². The largest absolute Gasteiger partial charge is 0.508 e. The lowest BCUT2D eigenvalue weighted by molar-refractivity contribution is 0.476. The second kappa shape index (κ2) is 5.55. The van der Waals surface area contributed by atoms with Gasteiger partial charge in [-0.15, -0.1) is 0 Å². The molecule has 1 N–H and O–H groups in total. The zero-order valence-electron chi connectivity index (χ0n) is 15.2. The third-order valence-electron chi connectivity index (χ3n) is 5.25. The molecule has 4 nitrogen and oxygen atoms in total. The molecular formula is C23H19N3O. The van der Waals surface area contributed by atoms with E-state index in [-0.39, 0.29) is 5.75 Å². The molecule has 2 heterocycles. The SMILES string of the molecule is CC1=CC(C)(c2ccccc2-n2c3ccccc3c3ccc(O)cc32)N=N1. The minimum atomic E-state index is -0.505. The molecule has 0 saturated heterocycles. The smallest absolute Gasteiger partial charge is 0.126 e. The minimum Gasteiger partial charge on any atom is -0.508 e. The molecule has 0 radical (unpaired) electrons. The third-order valence-corrected chi connectivity index (χ3v) is 5.25. The number of phenolic OH excluding ortho intramolecular Hbond substituents is 1. The second-order valence-electron chi connectivity index (χ2n) is 7.20. The summed E-state index contributed by atoms with van der Waals surface area (Å²) in [5.41, 5.74) is 4.62. The highest BCUT2D eigenvalue weighted by Crippen LogP contribution is 2.40. The van der Waals surface area contributed by atoms with Crippen molar-refractivity contribution in [2.24, 2.45) is 10.2 Å². The van der Waals surface area contributed by atoms with Gasteiger partial charge in [0.05, 0.1) is 22.4 Å². The molecule has 0 aliphatic carbocycles. The van der Waals surface area contributed by atoms with E-state index < -0.39 is 5.54 Å². The average Bonchev–Trinajstić information content (AvgIpc) is 3.19. The zero-order chi connectivity index (χ0) is 18.6. The first kappa shape index (κ1) is 15.8. The number of hydrogen-bond donors (Lipinski definition) is 1. The number of phenols is 1. The Balaban J connectivity index is 1.91. The molecule has 0 fully saturated rings. The Morgan fingerprint density at radius 2 is 1.63 bits per heavy atom. The van der Waals surface area contributed by atoms with Crippen molar-refractivity contribution in [3.8, 4) is 11.4 Å². The number of aromatic hydroxyl groups is 1. The summed E-state index contributed by atoms with van der Waals surface area (Å²) < 4.78 is 2.21. The van der Waals surface area contributed by atoms with Crippen molar-refractivity contribution in [3.05, 3.63) is 84.1 Å². The van der Waals surface area contributed by atoms with Gasteiger partial charge in [-0.25, -0.2) is 0 Å². The summed E-state index contributed by atoms with van der Waals surface area (Å²) in [6.45, 7) is 4.05. The van der Waals surface area contributed by atoms with Gasteiger partial charge in [-0.2, -0.15) is 10.2 Å². The topological polar surface area (TPSA) is 49.9 Å². The van der Waals surface area contributed by atoms with Crippen molar-refractivity contribution >= 4 is 21.8 Å². The van der Waals surface area contributed by atoms with Crippen molar-refractivity contribution in [2.45, 2.75) is 19.4 Å². The predicted molar refractivity (Wildman–Crippen MR) is 108 cm³/mol. The lowest BCUT2D eigenvalue weighted by atomic mass is 9.91. The summed E-state index contributed by atoms with van der Waals surface area (Å²) in [4.78, 5) is 0. The molecule has 0 spiro atoms. The van der Waals surface area contributed by atoms with Crippen molar-refractivity contribution in [1.29, 1.82) is 0 Å². The fraction of sp³-hybridized carbons (Fsp3) is 0.130. The molecule has 27 heavy (non-hydrogen) atoms. The summed E-state index contributed by atoms with van der Waals surface area (Å²) in [7, 11) is 0. The maximum absolute atomic E-state index is 10.1. The van der Waals surface area contributed by atoms with Crippen LogP contribution in [0.4, 0.5) is 0 Å². The Kier molecular flexibility index (Phi) is 3.25. The van der Waals surface area contributed by atoms with Crippen LogP contribution in [0.25, 0.3) is 27.5 Å². The molecule has 5 rings (SSSR count). The summed E-state index contributed by atoms with van der Waals surface area (Å²) in [5.74, 6) is 0.256. The van der Waals surface area contributed by atoms with Gasteiger partial charge >= 0.3 is 0 Å². The van der Waals surface area contributed by atoms with Gasteiger partial charge in [-0.3, -0.25) is 0 Å². The number of allylic oxidation sites excluding steroid dienone is 1. The standard InChI is InChI=1S/C23H19N3O/c1-15-14-23(2,25-24-15)19-8-4-6-10-21(19)26-20-9-5-3-7-17(20)18-12-11-16(27)13-22(18)26/h3-14,27H,1-2H3. The van der Waals surface area contributed by atoms with E-state index in [9.17, 15) is 5.11 Å². The lowest BCUT2D eigenvalue weighted by Gasteiger charge is -2.22. The van der Waals surface area contributed by atoms with Gasteiger partial charge in [0.1, 0.15) is 11.3 Å². The Bertz CT molecular complexity index is 1270. The van der Waals surface area contributed by atoms with Crippen LogP contribution < -0.4 is 0 Å². The van der Waals surface area contributed by atoms with Crippen LogP contribution in [-0.2, 0) is 5.54 Å². The summed E-state index contributed by atoms with van der Waals surface area (Å²) in [6.07, 6.45) is 2.09. The fourth-order valence-electron chi connectivity index (χ4n) is 4.09. The molecular weight excluding hydrogens is 334 g/mol. The van der Waals surface area contributed by atoms with Crippen LogP contribution in [0.3, 0.4) is 0 Å². The molecule has 4 heteroatoms. The number of azo groups is 1. The molecule has 0 amide bonds. The van der Waals surface area contributed by atoms with Crippen LogP contribution in [0.1, 0.15) is 19.4 Å². The molecule has 1 aliphatic rings. The normalized spacial score (nSPS) is 19.1. The molecule has 132 valence electrons. The van der Waals surface area contributed by atoms with E-state index in [4.69, 9.17) is 0 Å². The zero-order valence-corrected chi connectivity index (χ0v) is 15.2. The molecule has 0 bridgehead atoms. The molecule has 1 unspecified atom stereocenters. The summed E-state index contributed by atoms with van der Waals surface area (Å²) >= 11 is 0. The van der Waals surface area contributed by atoms with Crippen LogP contribution >= 0.6 is 0 Å².